The number of pyridine rings is 1. The largest absolute Gasteiger partial charge is 0.341 e. The van der Waals surface area contributed by atoms with Gasteiger partial charge in [0, 0.05) is 18.1 Å². The molecule has 0 unspecified atom stereocenters. The highest BCUT2D eigenvalue weighted by Gasteiger charge is 2.53. The third kappa shape index (κ3) is 4.09. The molecule has 8 heteroatoms. The summed E-state index contributed by atoms with van der Waals surface area (Å²) in [4.78, 5) is 42.9. The van der Waals surface area contributed by atoms with E-state index in [1.807, 2.05) is 42.5 Å². The molecule has 4 rings (SSSR count). The SMILES string of the molecule is O=C(Cc1ccccc1)N[C@@H]1C(=O)N2C(C(=O)S)=C(Cc3cccnc3)CS[C@H]12. The highest BCUT2D eigenvalue weighted by Crippen LogP contribution is 2.41. The third-order valence-corrected chi connectivity index (χ3v) is 6.47. The molecule has 0 bridgehead atoms. The molecular weight excluding hydrogens is 406 g/mol. The van der Waals surface area contributed by atoms with Crippen LogP contribution in [0.25, 0.3) is 0 Å². The lowest BCUT2D eigenvalue weighted by molar-refractivity contribution is -0.146. The quantitative estimate of drug-likeness (QED) is 0.547. The minimum atomic E-state index is -0.626. The first-order valence-corrected chi connectivity index (χ1v) is 10.7. The molecule has 1 aromatic carbocycles. The summed E-state index contributed by atoms with van der Waals surface area (Å²) in [5, 5.41) is 2.10. The molecule has 0 saturated carbocycles. The monoisotopic (exact) mass is 425 g/mol. The van der Waals surface area contributed by atoms with E-state index < -0.39 is 11.2 Å². The van der Waals surface area contributed by atoms with Crippen molar-refractivity contribution in [3.8, 4) is 0 Å². The predicted octanol–water partition coefficient (Wildman–Crippen LogP) is 1.98. The smallest absolute Gasteiger partial charge is 0.253 e. The number of amides is 2. The van der Waals surface area contributed by atoms with Crippen LogP contribution in [0.15, 0.2) is 66.1 Å². The summed E-state index contributed by atoms with van der Waals surface area (Å²) >= 11 is 5.55. The van der Waals surface area contributed by atoms with Crippen molar-refractivity contribution < 1.29 is 14.4 Å². The van der Waals surface area contributed by atoms with Crippen molar-refractivity contribution in [2.45, 2.75) is 24.3 Å². The number of β-lactam (4-membered cyclic amide) rings is 1. The number of hydrogen-bond acceptors (Lipinski definition) is 5. The maximum Gasteiger partial charge on any atom is 0.253 e. The van der Waals surface area contributed by atoms with E-state index in [0.29, 0.717) is 17.9 Å². The summed E-state index contributed by atoms with van der Waals surface area (Å²) in [5.41, 5.74) is 3.03. The van der Waals surface area contributed by atoms with Gasteiger partial charge in [-0.25, -0.2) is 0 Å². The van der Waals surface area contributed by atoms with Gasteiger partial charge in [0.25, 0.3) is 5.91 Å². The van der Waals surface area contributed by atoms with Crippen LogP contribution in [0.4, 0.5) is 0 Å². The van der Waals surface area contributed by atoms with Gasteiger partial charge in [0.05, 0.1) is 12.1 Å². The van der Waals surface area contributed by atoms with E-state index in [4.69, 9.17) is 0 Å². The lowest BCUT2D eigenvalue weighted by Crippen LogP contribution is -2.70. The lowest BCUT2D eigenvalue weighted by atomic mass is 9.99. The molecule has 1 N–H and O–H groups in total. The Morgan fingerprint density at radius 2 is 1.93 bits per heavy atom. The molecule has 2 amide bonds. The highest BCUT2D eigenvalue weighted by molar-refractivity contribution is 8.00. The molecule has 2 aromatic rings. The van der Waals surface area contributed by atoms with Crippen LogP contribution in [0, 0.1) is 0 Å². The number of thioether (sulfide) groups is 1. The Labute approximate surface area is 178 Å². The molecule has 0 spiro atoms. The summed E-state index contributed by atoms with van der Waals surface area (Å²) in [7, 11) is 0. The topological polar surface area (TPSA) is 79.4 Å². The molecular formula is C21H19N3O3S2. The number of hydrogen-bond donors (Lipinski definition) is 2. The Hall–Kier alpha value is -2.58. The number of nitrogens with one attached hydrogen (secondary N) is 1. The van der Waals surface area contributed by atoms with Crippen LogP contribution in [0.1, 0.15) is 11.1 Å². The van der Waals surface area contributed by atoms with Crippen molar-refractivity contribution in [1.82, 2.24) is 15.2 Å². The summed E-state index contributed by atoms with van der Waals surface area (Å²) < 4.78 is 0. The first kappa shape index (κ1) is 19.7. The van der Waals surface area contributed by atoms with E-state index in [2.05, 4.69) is 22.9 Å². The third-order valence-electron chi connectivity index (χ3n) is 4.91. The van der Waals surface area contributed by atoms with Crippen molar-refractivity contribution in [3.63, 3.8) is 0 Å². The van der Waals surface area contributed by atoms with Gasteiger partial charge in [-0.3, -0.25) is 24.3 Å². The molecule has 3 heterocycles. The number of aromatic nitrogens is 1. The standard InChI is InChI=1S/C21H19N3O3S2/c25-16(10-13-5-2-1-3-6-13)23-17-19(26)24-18(21(27)28)15(12-29-20(17)24)9-14-7-4-8-22-11-14/h1-8,11,17,20H,9-10,12H2,(H,23,25)(H,27,28)/t17-,20-/m1/s1. The maximum absolute atomic E-state index is 12.8. The second kappa shape index (κ2) is 8.42. The number of nitrogens with zero attached hydrogens (tertiary/aromatic N) is 2. The molecule has 148 valence electrons. The zero-order valence-corrected chi connectivity index (χ0v) is 17.2. The van der Waals surface area contributed by atoms with Gasteiger partial charge in [-0.1, -0.05) is 49.0 Å². The number of rotatable bonds is 6. The van der Waals surface area contributed by atoms with Gasteiger partial charge in [0.15, 0.2) is 0 Å². The Balaban J connectivity index is 1.48. The molecule has 1 saturated heterocycles. The van der Waals surface area contributed by atoms with Crippen LogP contribution in [-0.2, 0) is 27.2 Å². The number of benzene rings is 1. The summed E-state index contributed by atoms with van der Waals surface area (Å²) in [6.45, 7) is 0. The van der Waals surface area contributed by atoms with Crippen LogP contribution in [0.5, 0.6) is 0 Å². The molecule has 1 aromatic heterocycles. The van der Waals surface area contributed by atoms with Gasteiger partial charge in [0.2, 0.25) is 11.0 Å². The molecule has 2 aliphatic rings. The van der Waals surface area contributed by atoms with Crippen molar-refractivity contribution in [1.29, 1.82) is 0 Å². The van der Waals surface area contributed by atoms with Crippen molar-refractivity contribution in [2.75, 3.05) is 5.75 Å². The average molecular weight is 426 g/mol. The summed E-state index contributed by atoms with van der Waals surface area (Å²) in [6.07, 6.45) is 4.18. The number of carbonyl (C=O) groups excluding carboxylic acids is 3. The minimum absolute atomic E-state index is 0.210. The number of thiol groups is 1. The van der Waals surface area contributed by atoms with E-state index in [9.17, 15) is 14.4 Å². The first-order valence-electron chi connectivity index (χ1n) is 9.17. The molecule has 2 aliphatic heterocycles. The minimum Gasteiger partial charge on any atom is -0.341 e. The predicted molar refractivity (Wildman–Crippen MR) is 114 cm³/mol. The summed E-state index contributed by atoms with van der Waals surface area (Å²) in [6, 6.07) is 12.5. The molecule has 0 aliphatic carbocycles. The molecule has 1 fully saturated rings. The Kier molecular flexibility index (Phi) is 5.73. The average Bonchev–Trinajstić information content (AvgIpc) is 2.73. The van der Waals surface area contributed by atoms with Gasteiger partial charge >= 0.3 is 0 Å². The van der Waals surface area contributed by atoms with Gasteiger partial charge in [-0.05, 0) is 29.2 Å². The Morgan fingerprint density at radius 1 is 1.17 bits per heavy atom. The summed E-state index contributed by atoms with van der Waals surface area (Å²) in [5.74, 6) is 0.110. The van der Waals surface area contributed by atoms with Crippen molar-refractivity contribution in [2.24, 2.45) is 0 Å². The first-order chi connectivity index (χ1) is 14.0. The molecule has 2 atom stereocenters. The fourth-order valence-corrected chi connectivity index (χ4v) is 5.19. The van der Waals surface area contributed by atoms with Crippen LogP contribution >= 0.6 is 24.4 Å². The van der Waals surface area contributed by atoms with E-state index >= 15 is 0 Å². The van der Waals surface area contributed by atoms with Crippen LogP contribution in [0.2, 0.25) is 0 Å². The Morgan fingerprint density at radius 3 is 2.62 bits per heavy atom. The Bertz CT molecular complexity index is 979. The second-order valence-electron chi connectivity index (χ2n) is 6.91. The molecule has 0 radical (unpaired) electrons. The number of fused-ring (bicyclic) bond motifs is 1. The van der Waals surface area contributed by atoms with E-state index in [-0.39, 0.29) is 23.6 Å². The van der Waals surface area contributed by atoms with Gasteiger partial charge in [0.1, 0.15) is 11.4 Å². The zero-order chi connectivity index (χ0) is 20.4. The van der Waals surface area contributed by atoms with Crippen LogP contribution < -0.4 is 5.32 Å². The molecule has 29 heavy (non-hydrogen) atoms. The van der Waals surface area contributed by atoms with Crippen LogP contribution in [-0.4, -0.2) is 44.0 Å². The van der Waals surface area contributed by atoms with Crippen LogP contribution in [0.3, 0.4) is 0 Å². The van der Waals surface area contributed by atoms with E-state index in [1.165, 1.54) is 4.90 Å². The lowest BCUT2D eigenvalue weighted by Gasteiger charge is -2.50. The zero-order valence-electron chi connectivity index (χ0n) is 15.4. The molecule has 6 nitrogen and oxygen atoms in total. The van der Waals surface area contributed by atoms with Crippen molar-refractivity contribution in [3.05, 3.63) is 77.3 Å². The highest BCUT2D eigenvalue weighted by atomic mass is 32.2. The second-order valence-corrected chi connectivity index (χ2v) is 8.42. The van der Waals surface area contributed by atoms with Crippen molar-refractivity contribution >= 4 is 41.3 Å². The van der Waals surface area contributed by atoms with Gasteiger partial charge in [-0.2, -0.15) is 0 Å². The fourth-order valence-electron chi connectivity index (χ4n) is 3.57. The van der Waals surface area contributed by atoms with E-state index in [0.717, 1.165) is 16.7 Å². The normalized spacial score (nSPS) is 20.7. The fraction of sp³-hybridized carbons (Fsp3) is 0.238. The van der Waals surface area contributed by atoms with Gasteiger partial charge < -0.3 is 5.32 Å². The maximum atomic E-state index is 12.8. The van der Waals surface area contributed by atoms with Gasteiger partial charge in [-0.15, -0.1) is 11.8 Å². The number of carbonyl (C=O) groups is 3. The van der Waals surface area contributed by atoms with E-state index in [1.54, 1.807) is 24.2 Å².